The van der Waals surface area contributed by atoms with Crippen molar-refractivity contribution in [1.29, 1.82) is 0 Å². The number of carboxylic acid groups (broad SMARTS) is 1. The molecule has 1 saturated heterocycles. The van der Waals surface area contributed by atoms with Crippen LogP contribution in [0.2, 0.25) is 0 Å². The summed E-state index contributed by atoms with van der Waals surface area (Å²) in [7, 11) is 0. The van der Waals surface area contributed by atoms with Gasteiger partial charge in [0.05, 0.1) is 0 Å². The third-order valence-electron chi connectivity index (χ3n) is 5.51. The first-order valence-corrected chi connectivity index (χ1v) is 12.2. The molecule has 32 heavy (non-hydrogen) atoms. The topological polar surface area (TPSA) is 86.7 Å². The van der Waals surface area contributed by atoms with Gasteiger partial charge >= 0.3 is 5.97 Å². The molecule has 0 saturated carbocycles. The molecule has 4 atom stereocenters. The van der Waals surface area contributed by atoms with Crippen LogP contribution in [0.5, 0.6) is 0 Å². The average molecular weight is 473 g/mol. The number of thioether (sulfide) groups is 1. The smallest absolute Gasteiger partial charge is 0.326 e. The van der Waals surface area contributed by atoms with Crippen molar-refractivity contribution in [2.75, 3.05) is 11.5 Å². The average Bonchev–Trinajstić information content (AvgIpc) is 3.24. The third kappa shape index (κ3) is 5.66. The van der Waals surface area contributed by atoms with E-state index in [4.69, 9.17) is 0 Å². The van der Waals surface area contributed by atoms with Gasteiger partial charge in [-0.1, -0.05) is 67.1 Å². The minimum absolute atomic E-state index is 0.161. The number of aryl methyl sites for hydroxylation is 1. The largest absolute Gasteiger partial charge is 0.480 e. The maximum absolute atomic E-state index is 13.2. The molecule has 170 valence electrons. The zero-order valence-electron chi connectivity index (χ0n) is 18.1. The Hall–Kier alpha value is -2.45. The number of hydrogen-bond acceptors (Lipinski definition) is 5. The van der Waals surface area contributed by atoms with Crippen LogP contribution < -0.4 is 5.32 Å². The quantitative estimate of drug-likeness (QED) is 0.513. The highest BCUT2D eigenvalue weighted by atomic mass is 32.2. The van der Waals surface area contributed by atoms with E-state index < -0.39 is 24.0 Å². The fourth-order valence-electron chi connectivity index (χ4n) is 3.62. The van der Waals surface area contributed by atoms with E-state index in [1.54, 1.807) is 11.8 Å². The predicted molar refractivity (Wildman–Crippen MR) is 130 cm³/mol. The van der Waals surface area contributed by atoms with Gasteiger partial charge in [0.1, 0.15) is 17.5 Å². The van der Waals surface area contributed by atoms with Gasteiger partial charge in [0.2, 0.25) is 11.8 Å². The van der Waals surface area contributed by atoms with Crippen molar-refractivity contribution in [2.45, 2.75) is 37.7 Å². The van der Waals surface area contributed by atoms with Gasteiger partial charge in [-0.25, -0.2) is 4.79 Å². The number of carbonyl (C=O) groups is 3. The van der Waals surface area contributed by atoms with Crippen LogP contribution in [-0.4, -0.2) is 51.4 Å². The van der Waals surface area contributed by atoms with E-state index in [9.17, 15) is 19.5 Å². The van der Waals surface area contributed by atoms with Gasteiger partial charge in [0.25, 0.3) is 0 Å². The van der Waals surface area contributed by atoms with Gasteiger partial charge in [0, 0.05) is 23.8 Å². The number of nitrogens with one attached hydrogen (secondary N) is 1. The Balaban J connectivity index is 1.83. The lowest BCUT2D eigenvalue weighted by Crippen LogP contribution is -2.53. The second-order valence-corrected chi connectivity index (χ2v) is 9.51. The van der Waals surface area contributed by atoms with Gasteiger partial charge < -0.3 is 15.3 Å². The first-order chi connectivity index (χ1) is 15.3. The molecule has 0 aromatic heterocycles. The van der Waals surface area contributed by atoms with Crippen LogP contribution in [0, 0.1) is 12.8 Å². The zero-order chi connectivity index (χ0) is 23.3. The minimum Gasteiger partial charge on any atom is -0.480 e. The Morgan fingerprint density at radius 2 is 1.81 bits per heavy atom. The molecule has 1 heterocycles. The van der Waals surface area contributed by atoms with Crippen LogP contribution >= 0.6 is 24.4 Å². The molecule has 6 nitrogen and oxygen atoms in total. The number of amides is 2. The van der Waals surface area contributed by atoms with Crippen LogP contribution in [0.3, 0.4) is 0 Å². The first-order valence-electron chi connectivity index (χ1n) is 10.5. The maximum Gasteiger partial charge on any atom is 0.326 e. The molecule has 2 N–H and O–H groups in total. The molecule has 1 aliphatic heterocycles. The Labute approximate surface area is 198 Å². The Morgan fingerprint density at radius 1 is 1.16 bits per heavy atom. The summed E-state index contributed by atoms with van der Waals surface area (Å²) in [6.45, 7) is 3.78. The van der Waals surface area contributed by atoms with Crippen molar-refractivity contribution in [3.8, 4) is 0 Å². The second-order valence-electron chi connectivity index (χ2n) is 8.03. The van der Waals surface area contributed by atoms with Crippen molar-refractivity contribution >= 4 is 42.2 Å². The predicted octanol–water partition coefficient (Wildman–Crippen LogP) is 3.32. The van der Waals surface area contributed by atoms with E-state index in [2.05, 4.69) is 17.9 Å². The summed E-state index contributed by atoms with van der Waals surface area (Å²) in [6.07, 6.45) is 0.171. The third-order valence-corrected chi connectivity index (χ3v) is 7.38. The molecule has 8 heteroatoms. The van der Waals surface area contributed by atoms with E-state index >= 15 is 0 Å². The van der Waals surface area contributed by atoms with E-state index in [1.165, 1.54) is 11.8 Å². The number of benzene rings is 2. The normalized spacial score (nSPS) is 19.9. The van der Waals surface area contributed by atoms with E-state index in [1.807, 2.05) is 61.5 Å². The van der Waals surface area contributed by atoms with E-state index in [0.29, 0.717) is 11.5 Å². The molecule has 2 aromatic rings. The molecule has 0 bridgehead atoms. The van der Waals surface area contributed by atoms with Crippen molar-refractivity contribution in [2.24, 2.45) is 5.92 Å². The number of carbonyl (C=O) groups excluding carboxylic acids is 2. The van der Waals surface area contributed by atoms with Gasteiger partial charge in [0.15, 0.2) is 0 Å². The van der Waals surface area contributed by atoms with Crippen LogP contribution in [-0.2, 0) is 20.8 Å². The van der Waals surface area contributed by atoms with Crippen molar-refractivity contribution in [1.82, 2.24) is 10.2 Å². The van der Waals surface area contributed by atoms with E-state index in [-0.39, 0.29) is 23.6 Å². The van der Waals surface area contributed by atoms with Gasteiger partial charge in [-0.2, -0.15) is 12.6 Å². The fourth-order valence-corrected chi connectivity index (χ4v) is 5.21. The number of carboxylic acids is 1. The van der Waals surface area contributed by atoms with Gasteiger partial charge in [-0.3, -0.25) is 9.59 Å². The lowest BCUT2D eigenvalue weighted by molar-refractivity contribution is -0.145. The number of aliphatic carboxylic acids is 1. The van der Waals surface area contributed by atoms with Crippen LogP contribution in [0.15, 0.2) is 54.6 Å². The molecule has 3 rings (SSSR count). The monoisotopic (exact) mass is 472 g/mol. The van der Waals surface area contributed by atoms with Gasteiger partial charge in [-0.15, -0.1) is 11.8 Å². The molecule has 1 fully saturated rings. The van der Waals surface area contributed by atoms with Crippen molar-refractivity contribution in [3.63, 3.8) is 0 Å². The van der Waals surface area contributed by atoms with Crippen LogP contribution in [0.25, 0.3) is 0 Å². The molecule has 1 aliphatic rings. The summed E-state index contributed by atoms with van der Waals surface area (Å²) in [4.78, 5) is 39.9. The Kier molecular flexibility index (Phi) is 8.26. The zero-order valence-corrected chi connectivity index (χ0v) is 19.8. The van der Waals surface area contributed by atoms with Crippen LogP contribution in [0.1, 0.15) is 29.0 Å². The molecule has 2 aromatic carbocycles. The lowest BCUT2D eigenvalue weighted by Gasteiger charge is -2.31. The molecule has 2 amide bonds. The molecule has 0 aliphatic carbocycles. The molecule has 0 radical (unpaired) electrons. The highest BCUT2D eigenvalue weighted by Crippen LogP contribution is 2.42. The Morgan fingerprint density at radius 3 is 2.41 bits per heavy atom. The van der Waals surface area contributed by atoms with Crippen molar-refractivity contribution < 1.29 is 19.5 Å². The minimum atomic E-state index is -1.11. The summed E-state index contributed by atoms with van der Waals surface area (Å²) in [5, 5.41) is 12.0. The second kappa shape index (κ2) is 10.9. The number of thiol groups is 1. The SMILES string of the molecule is Cc1ccc(C2SCC(C(=O)N[C@@H](Cc3ccccc3)C(=O)O)N2C(=O)C(C)CS)cc1. The van der Waals surface area contributed by atoms with Crippen molar-refractivity contribution in [3.05, 3.63) is 71.3 Å². The number of rotatable bonds is 8. The number of hydrogen-bond donors (Lipinski definition) is 3. The Bertz CT molecular complexity index is 952. The standard InChI is InChI=1S/C24H28N2O4S2/c1-15-8-10-18(11-9-15)23-26(22(28)16(2)13-31)20(14-32-23)21(27)25-19(24(29)30)12-17-6-4-3-5-7-17/h3-11,16,19-20,23,31H,12-14H2,1-2H3,(H,25,27)(H,29,30)/t16?,19-,20?,23?/m0/s1. The summed E-state index contributed by atoms with van der Waals surface area (Å²) >= 11 is 5.78. The van der Waals surface area contributed by atoms with E-state index in [0.717, 1.165) is 16.7 Å². The maximum atomic E-state index is 13.2. The molecule has 0 spiro atoms. The summed E-state index contributed by atoms with van der Waals surface area (Å²) in [5.74, 6) is -1.32. The lowest BCUT2D eigenvalue weighted by atomic mass is 10.0. The summed E-state index contributed by atoms with van der Waals surface area (Å²) in [5.41, 5.74) is 2.86. The van der Waals surface area contributed by atoms with Crippen LogP contribution in [0.4, 0.5) is 0 Å². The highest BCUT2D eigenvalue weighted by Gasteiger charge is 2.44. The first kappa shape index (κ1) is 24.2. The fraction of sp³-hybridized carbons (Fsp3) is 0.375. The summed E-state index contributed by atoms with van der Waals surface area (Å²) in [6, 6.07) is 15.2. The van der Waals surface area contributed by atoms with Gasteiger partial charge in [-0.05, 0) is 18.1 Å². The summed E-state index contributed by atoms with van der Waals surface area (Å²) < 4.78 is 0. The molecular weight excluding hydrogens is 444 g/mol. The highest BCUT2D eigenvalue weighted by molar-refractivity contribution is 7.99. The molecular formula is C24H28N2O4S2. The number of nitrogens with zero attached hydrogens (tertiary/aromatic N) is 1. The molecule has 3 unspecified atom stereocenters.